The third kappa shape index (κ3) is 0.827. The molecule has 16 heavy (non-hydrogen) atoms. The second kappa shape index (κ2) is 2.93. The molecule has 0 radical (unpaired) electrons. The zero-order chi connectivity index (χ0) is 11.6. The Morgan fingerprint density at radius 2 is 2.12 bits per heavy atom. The predicted octanol–water partition coefficient (Wildman–Crippen LogP) is 3.53. The third-order valence-corrected chi connectivity index (χ3v) is 6.53. The molecule has 1 heteroatoms. The first-order valence-corrected chi connectivity index (χ1v) is 6.83. The van der Waals surface area contributed by atoms with Crippen LogP contribution in [0.5, 0.6) is 0 Å². The van der Waals surface area contributed by atoms with E-state index in [-0.39, 0.29) is 5.41 Å². The van der Waals surface area contributed by atoms with E-state index in [1.807, 2.05) is 0 Å². The van der Waals surface area contributed by atoms with Gasteiger partial charge >= 0.3 is 0 Å². The van der Waals surface area contributed by atoms with Gasteiger partial charge in [0.15, 0.2) is 0 Å². The first-order valence-electron chi connectivity index (χ1n) is 6.83. The van der Waals surface area contributed by atoms with Gasteiger partial charge in [-0.1, -0.05) is 31.9 Å². The summed E-state index contributed by atoms with van der Waals surface area (Å²) in [6.07, 6.45) is 9.18. The van der Waals surface area contributed by atoms with E-state index >= 15 is 0 Å². The molecule has 3 aliphatic rings. The highest BCUT2D eigenvalue weighted by molar-refractivity contribution is 5.38. The Balaban J connectivity index is 2.20. The molecule has 0 unspecified atom stereocenters. The molecular formula is C15H24O. The highest BCUT2D eigenvalue weighted by Crippen LogP contribution is 2.77. The lowest BCUT2D eigenvalue weighted by atomic mass is 9.56. The molecule has 0 aromatic carbocycles. The average molecular weight is 220 g/mol. The summed E-state index contributed by atoms with van der Waals surface area (Å²) < 4.78 is 0. The fraction of sp³-hybridized carbons (Fsp3) is 0.867. The molecule has 1 N–H and O–H groups in total. The van der Waals surface area contributed by atoms with Crippen molar-refractivity contribution in [1.82, 2.24) is 0 Å². The molecule has 0 saturated heterocycles. The smallest absolute Gasteiger partial charge is 0.0525 e. The molecule has 3 aliphatic carbocycles. The van der Waals surface area contributed by atoms with Crippen LogP contribution in [0.15, 0.2) is 11.6 Å². The van der Waals surface area contributed by atoms with Crippen LogP contribution in [0.4, 0.5) is 0 Å². The Labute approximate surface area is 98.9 Å². The summed E-state index contributed by atoms with van der Waals surface area (Å²) in [6.45, 7) is 7.39. The van der Waals surface area contributed by atoms with Crippen LogP contribution in [0.3, 0.4) is 0 Å². The maximum atomic E-state index is 9.87. The minimum atomic E-state index is 0.0539. The van der Waals surface area contributed by atoms with Gasteiger partial charge in [0.1, 0.15) is 0 Å². The number of aliphatic hydroxyl groups is 1. The maximum absolute atomic E-state index is 9.87. The van der Waals surface area contributed by atoms with Gasteiger partial charge in [-0.3, -0.25) is 0 Å². The zero-order valence-corrected chi connectivity index (χ0v) is 10.8. The SMILES string of the molecule is CC1=C[C@@](C)(CO)[C@@]23CCC[C@@]12[C@@H](C)CC3. The van der Waals surface area contributed by atoms with E-state index in [0.29, 0.717) is 17.4 Å². The summed E-state index contributed by atoms with van der Waals surface area (Å²) in [5.74, 6) is 0.819. The van der Waals surface area contributed by atoms with E-state index in [9.17, 15) is 5.11 Å². The number of hydrogen-bond donors (Lipinski definition) is 1. The molecule has 0 aromatic heterocycles. The molecule has 0 spiro atoms. The summed E-state index contributed by atoms with van der Waals surface area (Å²) in [7, 11) is 0. The molecule has 90 valence electrons. The molecule has 0 aromatic rings. The number of hydrogen-bond acceptors (Lipinski definition) is 1. The van der Waals surface area contributed by atoms with Crippen molar-refractivity contribution < 1.29 is 5.11 Å². The molecule has 2 saturated carbocycles. The minimum Gasteiger partial charge on any atom is -0.395 e. The fourth-order valence-electron chi connectivity index (χ4n) is 5.89. The van der Waals surface area contributed by atoms with Crippen molar-refractivity contribution in [1.29, 1.82) is 0 Å². The monoisotopic (exact) mass is 220 g/mol. The summed E-state index contributed by atoms with van der Waals surface area (Å²) >= 11 is 0. The van der Waals surface area contributed by atoms with Crippen LogP contribution in [0.1, 0.15) is 52.9 Å². The van der Waals surface area contributed by atoms with Crippen molar-refractivity contribution in [2.24, 2.45) is 22.2 Å². The van der Waals surface area contributed by atoms with E-state index < -0.39 is 0 Å². The second-order valence-corrected chi connectivity index (χ2v) is 6.75. The molecule has 0 heterocycles. The third-order valence-electron chi connectivity index (χ3n) is 6.53. The van der Waals surface area contributed by atoms with Crippen molar-refractivity contribution in [3.63, 3.8) is 0 Å². The van der Waals surface area contributed by atoms with E-state index in [1.165, 1.54) is 32.1 Å². The van der Waals surface area contributed by atoms with Crippen molar-refractivity contribution >= 4 is 0 Å². The standard InChI is InChI=1S/C15H24O/c1-11-5-8-14-6-4-7-15(11,14)12(2)9-13(14,3)10-16/h9,11,16H,4-8,10H2,1-3H3/t11-,13-,14-,15+/m0/s1. The van der Waals surface area contributed by atoms with Gasteiger partial charge in [-0.2, -0.15) is 0 Å². The van der Waals surface area contributed by atoms with Crippen molar-refractivity contribution in [2.75, 3.05) is 6.61 Å². The second-order valence-electron chi connectivity index (χ2n) is 6.75. The van der Waals surface area contributed by atoms with Crippen LogP contribution < -0.4 is 0 Å². The van der Waals surface area contributed by atoms with Crippen molar-refractivity contribution in [2.45, 2.75) is 52.9 Å². The van der Waals surface area contributed by atoms with Gasteiger partial charge in [0, 0.05) is 10.8 Å². The van der Waals surface area contributed by atoms with E-state index in [1.54, 1.807) is 5.57 Å². The molecule has 4 atom stereocenters. The van der Waals surface area contributed by atoms with Crippen LogP contribution in [0, 0.1) is 22.2 Å². The van der Waals surface area contributed by atoms with Crippen molar-refractivity contribution in [3.8, 4) is 0 Å². The van der Waals surface area contributed by atoms with E-state index in [4.69, 9.17) is 0 Å². The van der Waals surface area contributed by atoms with Crippen LogP contribution in [-0.2, 0) is 0 Å². The number of allylic oxidation sites excluding steroid dienone is 1. The van der Waals surface area contributed by atoms with Gasteiger partial charge < -0.3 is 5.11 Å². The molecule has 2 fully saturated rings. The largest absolute Gasteiger partial charge is 0.395 e. The summed E-state index contributed by atoms with van der Waals surface area (Å²) in [5, 5.41) is 9.87. The summed E-state index contributed by atoms with van der Waals surface area (Å²) in [6, 6.07) is 0. The maximum Gasteiger partial charge on any atom is 0.0525 e. The Kier molecular flexibility index (Phi) is 1.98. The topological polar surface area (TPSA) is 20.2 Å². The average Bonchev–Trinajstić information content (AvgIpc) is 2.81. The number of aliphatic hydroxyl groups excluding tert-OH is 1. The zero-order valence-electron chi connectivity index (χ0n) is 10.8. The first kappa shape index (κ1) is 10.8. The molecule has 0 bridgehead atoms. The lowest BCUT2D eigenvalue weighted by Crippen LogP contribution is -2.44. The molecular weight excluding hydrogens is 196 g/mol. The Morgan fingerprint density at radius 3 is 2.81 bits per heavy atom. The van der Waals surface area contributed by atoms with Crippen LogP contribution in [-0.4, -0.2) is 11.7 Å². The van der Waals surface area contributed by atoms with Crippen molar-refractivity contribution in [3.05, 3.63) is 11.6 Å². The minimum absolute atomic E-state index is 0.0539. The predicted molar refractivity (Wildman–Crippen MR) is 66.1 cm³/mol. The highest BCUT2D eigenvalue weighted by atomic mass is 16.3. The molecule has 0 amide bonds. The van der Waals surface area contributed by atoms with Gasteiger partial charge in [0.05, 0.1) is 6.61 Å². The lowest BCUT2D eigenvalue weighted by molar-refractivity contribution is -0.00503. The molecule has 3 rings (SSSR count). The Morgan fingerprint density at radius 1 is 1.38 bits per heavy atom. The summed E-state index contributed by atoms with van der Waals surface area (Å²) in [5.41, 5.74) is 2.49. The Bertz CT molecular complexity index is 358. The van der Waals surface area contributed by atoms with Gasteiger partial charge in [0.25, 0.3) is 0 Å². The van der Waals surface area contributed by atoms with Gasteiger partial charge in [-0.25, -0.2) is 0 Å². The van der Waals surface area contributed by atoms with E-state index in [2.05, 4.69) is 26.8 Å². The molecule has 1 nitrogen and oxygen atoms in total. The van der Waals surface area contributed by atoms with Crippen LogP contribution in [0.25, 0.3) is 0 Å². The van der Waals surface area contributed by atoms with Crippen LogP contribution in [0.2, 0.25) is 0 Å². The highest BCUT2D eigenvalue weighted by Gasteiger charge is 2.70. The van der Waals surface area contributed by atoms with E-state index in [0.717, 1.165) is 5.92 Å². The fourth-order valence-corrected chi connectivity index (χ4v) is 5.89. The normalized spacial score (nSPS) is 55.0. The van der Waals surface area contributed by atoms with Gasteiger partial charge in [-0.15, -0.1) is 0 Å². The molecule has 0 aliphatic heterocycles. The summed E-state index contributed by atoms with van der Waals surface area (Å²) in [4.78, 5) is 0. The Hall–Kier alpha value is -0.300. The quantitative estimate of drug-likeness (QED) is 0.670. The lowest BCUT2D eigenvalue weighted by Gasteiger charge is -2.47. The van der Waals surface area contributed by atoms with Gasteiger partial charge in [0.2, 0.25) is 0 Å². The van der Waals surface area contributed by atoms with Gasteiger partial charge in [-0.05, 0) is 43.9 Å². The van der Waals surface area contributed by atoms with Crippen LogP contribution >= 0.6 is 0 Å². The number of rotatable bonds is 1. The first-order chi connectivity index (χ1) is 7.52.